The molecule has 0 spiro atoms. The van der Waals surface area contributed by atoms with Crippen molar-refractivity contribution >= 4 is 0 Å². The molecule has 1 heterocycles. The third-order valence-electron chi connectivity index (χ3n) is 4.60. The van der Waals surface area contributed by atoms with Gasteiger partial charge in [0.15, 0.2) is 0 Å². The Balaban J connectivity index is 1.31. The molecule has 2 aromatic rings. The van der Waals surface area contributed by atoms with Gasteiger partial charge in [-0.2, -0.15) is 0 Å². The molecular weight excluding hydrogens is 314 g/mol. The highest BCUT2D eigenvalue weighted by Gasteiger charge is 2.21. The van der Waals surface area contributed by atoms with Crippen LogP contribution in [-0.4, -0.2) is 49.0 Å². The van der Waals surface area contributed by atoms with E-state index in [1.165, 1.54) is 0 Å². The van der Waals surface area contributed by atoms with Gasteiger partial charge in [0, 0.05) is 19.6 Å². The summed E-state index contributed by atoms with van der Waals surface area (Å²) >= 11 is 0. The van der Waals surface area contributed by atoms with Crippen LogP contribution in [-0.2, 0) is 4.74 Å². The van der Waals surface area contributed by atoms with E-state index in [0.717, 1.165) is 37.2 Å². The van der Waals surface area contributed by atoms with Gasteiger partial charge in [0.1, 0.15) is 12.4 Å². The normalized spacial score (nSPS) is 17.3. The fourth-order valence-electron chi connectivity index (χ4n) is 3.17. The van der Waals surface area contributed by atoms with Gasteiger partial charge in [0.05, 0.1) is 18.8 Å². The molecule has 3 rings (SSSR count). The van der Waals surface area contributed by atoms with E-state index < -0.39 is 6.10 Å². The van der Waals surface area contributed by atoms with E-state index in [-0.39, 0.29) is 0 Å². The van der Waals surface area contributed by atoms with E-state index in [9.17, 15) is 5.11 Å². The number of aliphatic hydroxyl groups excluding tert-OH is 1. The number of hydrogen-bond acceptors (Lipinski definition) is 4. The van der Waals surface area contributed by atoms with Crippen molar-refractivity contribution in [3.63, 3.8) is 0 Å². The first-order chi connectivity index (χ1) is 12.3. The molecule has 0 bridgehead atoms. The summed E-state index contributed by atoms with van der Waals surface area (Å²) in [5.74, 6) is 0.885. The maximum absolute atomic E-state index is 10.3. The van der Waals surface area contributed by atoms with Crippen molar-refractivity contribution in [2.75, 3.05) is 32.8 Å². The van der Waals surface area contributed by atoms with E-state index >= 15 is 0 Å². The van der Waals surface area contributed by atoms with Gasteiger partial charge in [-0.05, 0) is 30.5 Å². The summed E-state index contributed by atoms with van der Waals surface area (Å²) < 4.78 is 11.6. The number of nitrogens with zero attached hydrogens (tertiary/aromatic N) is 1. The van der Waals surface area contributed by atoms with Gasteiger partial charge in [-0.3, -0.25) is 0 Å². The minimum absolute atomic E-state index is 0.296. The molecule has 4 heteroatoms. The largest absolute Gasteiger partial charge is 0.491 e. The number of hydrogen-bond donors (Lipinski definition) is 1. The smallest absolute Gasteiger partial charge is 0.119 e. The van der Waals surface area contributed by atoms with Crippen molar-refractivity contribution in [3.05, 3.63) is 66.2 Å². The lowest BCUT2D eigenvalue weighted by Gasteiger charge is -2.33. The molecule has 134 valence electrons. The maximum Gasteiger partial charge on any atom is 0.119 e. The fraction of sp³-hybridized carbons (Fsp3) is 0.429. The summed E-state index contributed by atoms with van der Waals surface area (Å²) in [6, 6.07) is 19.7. The molecule has 1 fully saturated rings. The molecule has 0 aromatic heterocycles. The van der Waals surface area contributed by atoms with Crippen LogP contribution in [0.1, 0.15) is 24.5 Å². The van der Waals surface area contributed by atoms with Crippen molar-refractivity contribution in [1.29, 1.82) is 0 Å². The summed E-state index contributed by atoms with van der Waals surface area (Å²) in [5, 5.41) is 10.3. The van der Waals surface area contributed by atoms with Crippen molar-refractivity contribution in [2.24, 2.45) is 0 Å². The molecule has 1 saturated heterocycles. The van der Waals surface area contributed by atoms with E-state index in [2.05, 4.69) is 4.90 Å². The molecule has 4 nitrogen and oxygen atoms in total. The van der Waals surface area contributed by atoms with Crippen LogP contribution in [0.3, 0.4) is 0 Å². The first kappa shape index (κ1) is 17.9. The molecular formula is C21H27NO3. The SMILES string of the molecule is O[C@H](CN1CCC(OCCOc2ccccc2)CC1)c1ccccc1. The van der Waals surface area contributed by atoms with E-state index in [0.29, 0.717) is 25.9 Å². The maximum atomic E-state index is 10.3. The average Bonchev–Trinajstić information content (AvgIpc) is 2.68. The number of aliphatic hydroxyl groups is 1. The van der Waals surface area contributed by atoms with E-state index in [1.54, 1.807) is 0 Å². The van der Waals surface area contributed by atoms with Gasteiger partial charge in [-0.25, -0.2) is 0 Å². The zero-order chi connectivity index (χ0) is 17.3. The van der Waals surface area contributed by atoms with E-state index in [4.69, 9.17) is 9.47 Å². The third kappa shape index (κ3) is 5.85. The zero-order valence-electron chi connectivity index (χ0n) is 14.6. The average molecular weight is 341 g/mol. The molecule has 0 unspecified atom stereocenters. The fourth-order valence-corrected chi connectivity index (χ4v) is 3.17. The summed E-state index contributed by atoms with van der Waals surface area (Å²) in [6.45, 7) is 3.82. The van der Waals surface area contributed by atoms with Crippen LogP contribution in [0.15, 0.2) is 60.7 Å². The third-order valence-corrected chi connectivity index (χ3v) is 4.60. The Kier molecular flexibility index (Phi) is 6.86. The lowest BCUT2D eigenvalue weighted by atomic mass is 10.1. The second-order valence-electron chi connectivity index (χ2n) is 6.46. The summed E-state index contributed by atoms with van der Waals surface area (Å²) in [5.41, 5.74) is 0.985. The Bertz CT molecular complexity index is 597. The molecule has 1 atom stereocenters. The first-order valence-electron chi connectivity index (χ1n) is 9.06. The lowest BCUT2D eigenvalue weighted by Crippen LogP contribution is -2.39. The summed E-state index contributed by atoms with van der Waals surface area (Å²) in [4.78, 5) is 2.32. The zero-order valence-corrected chi connectivity index (χ0v) is 14.6. The Morgan fingerprint density at radius 3 is 2.24 bits per heavy atom. The standard InChI is InChI=1S/C21H27NO3/c23-21(18-7-3-1-4-8-18)17-22-13-11-20(12-14-22)25-16-15-24-19-9-5-2-6-10-19/h1-10,20-21,23H,11-17H2/t21-/m1/s1. The number of benzene rings is 2. The quantitative estimate of drug-likeness (QED) is 0.748. The summed E-state index contributed by atoms with van der Waals surface area (Å²) in [6.07, 6.45) is 1.89. The van der Waals surface area contributed by atoms with Crippen molar-refractivity contribution < 1.29 is 14.6 Å². The minimum atomic E-state index is -0.419. The Hall–Kier alpha value is -1.88. The Morgan fingerprint density at radius 1 is 0.920 bits per heavy atom. The van der Waals surface area contributed by atoms with Gasteiger partial charge < -0.3 is 19.5 Å². The second-order valence-corrected chi connectivity index (χ2v) is 6.46. The van der Waals surface area contributed by atoms with Gasteiger partial charge in [-0.15, -0.1) is 0 Å². The highest BCUT2D eigenvalue weighted by molar-refractivity contribution is 5.20. The number of β-amino-alcohol motifs (C(OH)–C–C–N with tert-alkyl or cyclic N) is 1. The first-order valence-corrected chi connectivity index (χ1v) is 9.06. The molecule has 0 aliphatic carbocycles. The van der Waals surface area contributed by atoms with Crippen LogP contribution in [0.2, 0.25) is 0 Å². The van der Waals surface area contributed by atoms with E-state index in [1.807, 2.05) is 60.7 Å². The Morgan fingerprint density at radius 2 is 1.56 bits per heavy atom. The molecule has 0 radical (unpaired) electrons. The van der Waals surface area contributed by atoms with Crippen LogP contribution in [0.4, 0.5) is 0 Å². The molecule has 25 heavy (non-hydrogen) atoms. The van der Waals surface area contributed by atoms with Crippen LogP contribution in [0.5, 0.6) is 5.75 Å². The molecule has 1 aliphatic rings. The Labute approximate surface area is 150 Å². The van der Waals surface area contributed by atoms with Gasteiger partial charge in [0.25, 0.3) is 0 Å². The number of ether oxygens (including phenoxy) is 2. The number of rotatable bonds is 8. The predicted octanol–water partition coefficient (Wildman–Crippen LogP) is 3.28. The molecule has 2 aromatic carbocycles. The molecule has 0 saturated carbocycles. The molecule has 1 aliphatic heterocycles. The lowest BCUT2D eigenvalue weighted by molar-refractivity contribution is -0.0121. The highest BCUT2D eigenvalue weighted by atomic mass is 16.5. The highest BCUT2D eigenvalue weighted by Crippen LogP contribution is 2.19. The van der Waals surface area contributed by atoms with Crippen molar-refractivity contribution in [2.45, 2.75) is 25.0 Å². The van der Waals surface area contributed by atoms with Crippen LogP contribution in [0.25, 0.3) is 0 Å². The van der Waals surface area contributed by atoms with Crippen molar-refractivity contribution in [3.8, 4) is 5.75 Å². The molecule has 1 N–H and O–H groups in total. The minimum Gasteiger partial charge on any atom is -0.491 e. The topological polar surface area (TPSA) is 41.9 Å². The van der Waals surface area contributed by atoms with Crippen LogP contribution >= 0.6 is 0 Å². The number of piperidine rings is 1. The molecule has 0 amide bonds. The van der Waals surface area contributed by atoms with Crippen LogP contribution < -0.4 is 4.74 Å². The van der Waals surface area contributed by atoms with Gasteiger partial charge in [0.2, 0.25) is 0 Å². The number of likely N-dealkylation sites (tertiary alicyclic amines) is 1. The van der Waals surface area contributed by atoms with Gasteiger partial charge >= 0.3 is 0 Å². The van der Waals surface area contributed by atoms with Gasteiger partial charge in [-0.1, -0.05) is 48.5 Å². The van der Waals surface area contributed by atoms with Crippen molar-refractivity contribution in [1.82, 2.24) is 4.90 Å². The second kappa shape index (κ2) is 9.56. The monoisotopic (exact) mass is 341 g/mol. The summed E-state index contributed by atoms with van der Waals surface area (Å²) in [7, 11) is 0. The van der Waals surface area contributed by atoms with Crippen LogP contribution in [0, 0.1) is 0 Å². The number of para-hydroxylation sites is 1. The predicted molar refractivity (Wildman–Crippen MR) is 98.8 cm³/mol.